The van der Waals surface area contributed by atoms with Gasteiger partial charge in [-0.2, -0.15) is 0 Å². The van der Waals surface area contributed by atoms with Crippen LogP contribution < -0.4 is 5.32 Å². The molecule has 1 unspecified atom stereocenters. The lowest BCUT2D eigenvalue weighted by molar-refractivity contribution is -0.0287. The van der Waals surface area contributed by atoms with Crippen LogP contribution in [0.1, 0.15) is 59.3 Å². The molecule has 1 fully saturated rings. The Morgan fingerprint density at radius 2 is 1.81 bits per heavy atom. The van der Waals surface area contributed by atoms with Crippen molar-refractivity contribution in [3.63, 3.8) is 0 Å². The second-order valence-electron chi connectivity index (χ2n) is 6.87. The molecule has 4 heteroatoms. The maximum atomic E-state index is 10.00. The van der Waals surface area contributed by atoms with Crippen molar-refractivity contribution < 1.29 is 14.9 Å². The van der Waals surface area contributed by atoms with Crippen LogP contribution in [0.5, 0.6) is 0 Å². The van der Waals surface area contributed by atoms with Crippen molar-refractivity contribution in [3.8, 4) is 0 Å². The second kappa shape index (κ2) is 9.78. The molecule has 1 atom stereocenters. The summed E-state index contributed by atoms with van der Waals surface area (Å²) in [5.74, 6) is 0.825. The summed E-state index contributed by atoms with van der Waals surface area (Å²) in [5, 5.41) is 22.8. The monoisotopic (exact) mass is 301 g/mol. The highest BCUT2D eigenvalue weighted by molar-refractivity contribution is 4.79. The molecule has 1 aliphatic rings. The first-order chi connectivity index (χ1) is 10.0. The fourth-order valence-electron chi connectivity index (χ4n) is 2.99. The zero-order valence-electron chi connectivity index (χ0n) is 14.1. The van der Waals surface area contributed by atoms with Crippen molar-refractivity contribution in [1.82, 2.24) is 5.32 Å². The predicted octanol–water partition coefficient (Wildman–Crippen LogP) is 2.33. The van der Waals surface area contributed by atoms with E-state index in [9.17, 15) is 10.2 Å². The lowest BCUT2D eigenvalue weighted by Gasteiger charge is -2.30. The Morgan fingerprint density at radius 3 is 2.33 bits per heavy atom. The van der Waals surface area contributed by atoms with Crippen molar-refractivity contribution in [2.75, 3.05) is 26.3 Å². The Hall–Kier alpha value is -0.160. The summed E-state index contributed by atoms with van der Waals surface area (Å²) in [4.78, 5) is 0. The van der Waals surface area contributed by atoms with Gasteiger partial charge in [0.2, 0.25) is 0 Å². The number of aliphatic hydroxyl groups excluding tert-OH is 2. The molecule has 21 heavy (non-hydrogen) atoms. The Balaban J connectivity index is 2.15. The summed E-state index contributed by atoms with van der Waals surface area (Å²) in [6.07, 6.45) is 6.49. The minimum atomic E-state index is -0.463. The summed E-state index contributed by atoms with van der Waals surface area (Å²) >= 11 is 0. The lowest BCUT2D eigenvalue weighted by Crippen LogP contribution is -2.41. The van der Waals surface area contributed by atoms with Gasteiger partial charge in [0.15, 0.2) is 0 Å². The van der Waals surface area contributed by atoms with Crippen LogP contribution in [0.3, 0.4) is 0 Å². The van der Waals surface area contributed by atoms with Gasteiger partial charge in [-0.3, -0.25) is 0 Å². The summed E-state index contributed by atoms with van der Waals surface area (Å²) in [7, 11) is 0. The van der Waals surface area contributed by atoms with Crippen molar-refractivity contribution >= 4 is 0 Å². The van der Waals surface area contributed by atoms with E-state index in [0.29, 0.717) is 19.3 Å². The second-order valence-corrected chi connectivity index (χ2v) is 6.87. The largest absolute Gasteiger partial charge is 0.396 e. The summed E-state index contributed by atoms with van der Waals surface area (Å²) < 4.78 is 5.82. The summed E-state index contributed by atoms with van der Waals surface area (Å²) in [6, 6.07) is 0. The fourth-order valence-corrected chi connectivity index (χ4v) is 2.99. The highest BCUT2D eigenvalue weighted by Gasteiger charge is 2.25. The highest BCUT2D eigenvalue weighted by atomic mass is 16.5. The fraction of sp³-hybridized carbons (Fsp3) is 1.00. The molecule has 126 valence electrons. The average molecular weight is 301 g/mol. The summed E-state index contributed by atoms with van der Waals surface area (Å²) in [6.45, 7) is 8.38. The van der Waals surface area contributed by atoms with Gasteiger partial charge in [0.25, 0.3) is 0 Å². The molecule has 0 aromatic heterocycles. The average Bonchev–Trinajstić information content (AvgIpc) is 2.51. The Kier molecular flexibility index (Phi) is 8.79. The van der Waals surface area contributed by atoms with E-state index in [1.807, 2.05) is 0 Å². The van der Waals surface area contributed by atoms with Gasteiger partial charge in [-0.25, -0.2) is 0 Å². The molecular weight excluding hydrogens is 266 g/mol. The third kappa shape index (κ3) is 6.64. The van der Waals surface area contributed by atoms with Crippen LogP contribution in [0.25, 0.3) is 0 Å². The lowest BCUT2D eigenvalue weighted by atomic mass is 9.83. The number of ether oxygens (including phenoxy) is 1. The maximum absolute atomic E-state index is 10.00. The van der Waals surface area contributed by atoms with E-state index >= 15 is 0 Å². The SMILES string of the molecule is CCC(CC)(CO)CNCC(O)COC1CCC(C)CC1. The van der Waals surface area contributed by atoms with Gasteiger partial charge in [-0.1, -0.05) is 20.8 Å². The van der Waals surface area contributed by atoms with E-state index in [1.54, 1.807) is 0 Å². The number of nitrogens with one attached hydrogen (secondary N) is 1. The van der Waals surface area contributed by atoms with Gasteiger partial charge in [0.1, 0.15) is 0 Å². The van der Waals surface area contributed by atoms with Gasteiger partial charge in [0.05, 0.1) is 18.8 Å². The highest BCUT2D eigenvalue weighted by Crippen LogP contribution is 2.26. The molecule has 0 heterocycles. The minimum Gasteiger partial charge on any atom is -0.396 e. The van der Waals surface area contributed by atoms with E-state index < -0.39 is 6.10 Å². The van der Waals surface area contributed by atoms with Crippen LogP contribution >= 0.6 is 0 Å². The Labute approximate surface area is 130 Å². The first kappa shape index (κ1) is 18.9. The van der Waals surface area contributed by atoms with Crippen LogP contribution in [0.2, 0.25) is 0 Å². The van der Waals surface area contributed by atoms with Crippen LogP contribution in [0.4, 0.5) is 0 Å². The standard InChI is InChI=1S/C17H35NO3/c1-4-17(5-2,13-19)12-18-10-15(20)11-21-16-8-6-14(3)7-9-16/h14-16,18-20H,4-13H2,1-3H3. The van der Waals surface area contributed by atoms with Crippen molar-refractivity contribution in [3.05, 3.63) is 0 Å². The quantitative estimate of drug-likeness (QED) is 0.579. The predicted molar refractivity (Wildman–Crippen MR) is 86.3 cm³/mol. The van der Waals surface area contributed by atoms with Gasteiger partial charge in [0, 0.05) is 25.1 Å². The van der Waals surface area contributed by atoms with Crippen molar-refractivity contribution in [2.45, 2.75) is 71.5 Å². The number of aliphatic hydroxyl groups is 2. The zero-order chi connectivity index (χ0) is 15.7. The molecule has 0 saturated heterocycles. The molecule has 1 rings (SSSR count). The molecule has 0 aromatic carbocycles. The van der Waals surface area contributed by atoms with Crippen LogP contribution in [-0.2, 0) is 4.74 Å². The van der Waals surface area contributed by atoms with E-state index in [0.717, 1.165) is 38.1 Å². The first-order valence-electron chi connectivity index (χ1n) is 8.66. The molecule has 4 nitrogen and oxygen atoms in total. The first-order valence-corrected chi connectivity index (χ1v) is 8.66. The third-order valence-electron chi connectivity index (χ3n) is 5.20. The number of rotatable bonds is 10. The van der Waals surface area contributed by atoms with E-state index in [4.69, 9.17) is 4.74 Å². The molecule has 0 amide bonds. The van der Waals surface area contributed by atoms with E-state index in [2.05, 4.69) is 26.1 Å². The van der Waals surface area contributed by atoms with Gasteiger partial charge >= 0.3 is 0 Å². The number of hydrogen-bond acceptors (Lipinski definition) is 4. The molecule has 0 bridgehead atoms. The maximum Gasteiger partial charge on any atom is 0.0897 e. The van der Waals surface area contributed by atoms with Crippen molar-refractivity contribution in [2.24, 2.45) is 11.3 Å². The summed E-state index contributed by atoms with van der Waals surface area (Å²) in [5.41, 5.74) is -0.0555. The normalized spacial score (nSPS) is 25.0. The van der Waals surface area contributed by atoms with E-state index in [1.165, 1.54) is 12.8 Å². The number of hydrogen-bond donors (Lipinski definition) is 3. The molecule has 1 aliphatic carbocycles. The molecule has 0 spiro atoms. The molecule has 3 N–H and O–H groups in total. The van der Waals surface area contributed by atoms with Gasteiger partial charge in [-0.05, 0) is 44.4 Å². The van der Waals surface area contributed by atoms with Crippen LogP contribution in [0, 0.1) is 11.3 Å². The molecule has 0 aromatic rings. The molecule has 1 saturated carbocycles. The Morgan fingerprint density at radius 1 is 1.19 bits per heavy atom. The molecular formula is C17H35NO3. The molecule has 0 aliphatic heterocycles. The smallest absolute Gasteiger partial charge is 0.0897 e. The van der Waals surface area contributed by atoms with Gasteiger partial charge in [-0.15, -0.1) is 0 Å². The topological polar surface area (TPSA) is 61.7 Å². The molecule has 0 radical (unpaired) electrons. The van der Waals surface area contributed by atoms with Gasteiger partial charge < -0.3 is 20.3 Å². The van der Waals surface area contributed by atoms with Crippen molar-refractivity contribution in [1.29, 1.82) is 0 Å². The zero-order valence-corrected chi connectivity index (χ0v) is 14.1. The van der Waals surface area contributed by atoms with Crippen LogP contribution in [-0.4, -0.2) is 48.7 Å². The van der Waals surface area contributed by atoms with E-state index in [-0.39, 0.29) is 12.0 Å². The minimum absolute atomic E-state index is 0.0555. The Bertz CT molecular complexity index is 252. The van der Waals surface area contributed by atoms with Crippen LogP contribution in [0.15, 0.2) is 0 Å². The third-order valence-corrected chi connectivity index (χ3v) is 5.20.